The summed E-state index contributed by atoms with van der Waals surface area (Å²) < 4.78 is 1.61. The first-order chi connectivity index (χ1) is 10.6. The monoisotopic (exact) mass is 304 g/mol. The van der Waals surface area contributed by atoms with Crippen LogP contribution in [-0.4, -0.2) is 34.7 Å². The van der Waals surface area contributed by atoms with Gasteiger partial charge in [0.25, 0.3) is 5.56 Å². The molecule has 122 valence electrons. The topological polar surface area (TPSA) is 50.2 Å². The Bertz CT molecular complexity index is 560. The van der Waals surface area contributed by atoms with Gasteiger partial charge in [0.15, 0.2) is 5.82 Å². The summed E-state index contributed by atoms with van der Waals surface area (Å²) in [6.07, 6.45) is 8.40. The van der Waals surface area contributed by atoms with E-state index in [1.165, 1.54) is 19.3 Å². The lowest BCUT2D eigenvalue weighted by Gasteiger charge is -2.36. The molecule has 3 atom stereocenters. The van der Waals surface area contributed by atoms with Crippen LogP contribution in [0.25, 0.3) is 0 Å². The van der Waals surface area contributed by atoms with Crippen LogP contribution in [0.5, 0.6) is 0 Å². The Balaban J connectivity index is 1.69. The molecule has 0 spiro atoms. The summed E-state index contributed by atoms with van der Waals surface area (Å²) in [5.41, 5.74) is 0.00533. The zero-order valence-corrected chi connectivity index (χ0v) is 14.0. The van der Waals surface area contributed by atoms with Crippen LogP contribution in [0.2, 0.25) is 0 Å². The summed E-state index contributed by atoms with van der Waals surface area (Å²) in [5.74, 6) is 2.12. The Kier molecular flexibility index (Phi) is 4.52. The number of hydrogen-bond donors (Lipinski definition) is 1. The lowest BCUT2D eigenvalue weighted by Crippen LogP contribution is -2.52. The van der Waals surface area contributed by atoms with E-state index in [0.717, 1.165) is 31.3 Å². The first-order valence-electron chi connectivity index (χ1n) is 8.59. The van der Waals surface area contributed by atoms with Crippen molar-refractivity contribution in [2.45, 2.75) is 51.6 Å². The molecule has 3 rings (SSSR count). The van der Waals surface area contributed by atoms with E-state index >= 15 is 0 Å². The molecule has 5 nitrogen and oxygen atoms in total. The first-order valence-corrected chi connectivity index (χ1v) is 8.59. The van der Waals surface area contributed by atoms with Crippen molar-refractivity contribution in [3.63, 3.8) is 0 Å². The molecule has 1 N–H and O–H groups in total. The molecule has 22 heavy (non-hydrogen) atoms. The van der Waals surface area contributed by atoms with Crippen molar-refractivity contribution in [2.24, 2.45) is 18.9 Å². The van der Waals surface area contributed by atoms with Crippen LogP contribution in [0.4, 0.5) is 5.82 Å². The number of piperidine rings is 1. The first kappa shape index (κ1) is 15.5. The van der Waals surface area contributed by atoms with E-state index in [4.69, 9.17) is 0 Å². The molecule has 1 aliphatic carbocycles. The summed E-state index contributed by atoms with van der Waals surface area (Å²) in [6.45, 7) is 6.54. The van der Waals surface area contributed by atoms with Gasteiger partial charge in [0.2, 0.25) is 0 Å². The van der Waals surface area contributed by atoms with Gasteiger partial charge in [-0.3, -0.25) is 4.79 Å². The molecule has 2 fully saturated rings. The molecule has 1 aromatic rings. The molecule has 0 aromatic carbocycles. The van der Waals surface area contributed by atoms with Crippen LogP contribution in [0, 0.1) is 11.8 Å². The molecule has 1 aliphatic heterocycles. The minimum absolute atomic E-state index is 0.00533. The van der Waals surface area contributed by atoms with Gasteiger partial charge in [-0.25, -0.2) is 4.98 Å². The SMILES string of the molecule is CC1CCC(C)C1NC1CCCN(c2nccn(C)c2=O)C1. The van der Waals surface area contributed by atoms with E-state index in [2.05, 4.69) is 29.0 Å². The van der Waals surface area contributed by atoms with Crippen LogP contribution < -0.4 is 15.8 Å². The minimum atomic E-state index is 0.00533. The Morgan fingerprint density at radius 1 is 1.23 bits per heavy atom. The van der Waals surface area contributed by atoms with Gasteiger partial charge in [-0.05, 0) is 37.5 Å². The van der Waals surface area contributed by atoms with Crippen LogP contribution >= 0.6 is 0 Å². The molecule has 1 saturated carbocycles. The molecule has 1 aromatic heterocycles. The molecule has 0 radical (unpaired) electrons. The summed E-state index contributed by atoms with van der Waals surface area (Å²) in [6, 6.07) is 1.09. The van der Waals surface area contributed by atoms with Gasteiger partial charge >= 0.3 is 0 Å². The summed E-state index contributed by atoms with van der Waals surface area (Å²) >= 11 is 0. The van der Waals surface area contributed by atoms with Crippen LogP contribution in [0.15, 0.2) is 17.2 Å². The van der Waals surface area contributed by atoms with Gasteiger partial charge in [0, 0.05) is 44.6 Å². The summed E-state index contributed by atoms with van der Waals surface area (Å²) in [4.78, 5) is 18.7. The molecule has 5 heteroatoms. The summed E-state index contributed by atoms with van der Waals surface area (Å²) in [7, 11) is 1.79. The van der Waals surface area contributed by atoms with Crippen molar-refractivity contribution in [3.05, 3.63) is 22.7 Å². The second-order valence-corrected chi connectivity index (χ2v) is 7.18. The van der Waals surface area contributed by atoms with Gasteiger partial charge in [-0.2, -0.15) is 0 Å². The summed E-state index contributed by atoms with van der Waals surface area (Å²) in [5, 5.41) is 3.87. The predicted molar refractivity (Wildman–Crippen MR) is 89.2 cm³/mol. The maximum Gasteiger partial charge on any atom is 0.293 e. The average molecular weight is 304 g/mol. The van der Waals surface area contributed by atoms with Gasteiger partial charge in [-0.1, -0.05) is 13.8 Å². The van der Waals surface area contributed by atoms with Crippen LogP contribution in [0.3, 0.4) is 0 Å². The highest BCUT2D eigenvalue weighted by molar-refractivity contribution is 5.36. The van der Waals surface area contributed by atoms with Crippen molar-refractivity contribution >= 4 is 5.82 Å². The van der Waals surface area contributed by atoms with Crippen LogP contribution in [-0.2, 0) is 7.05 Å². The number of aryl methyl sites for hydroxylation is 1. The standard InChI is InChI=1S/C17H28N4O/c1-12-6-7-13(2)15(12)19-14-5-4-9-21(11-14)16-17(22)20(3)10-8-18-16/h8,10,12-15,19H,4-7,9,11H2,1-3H3. The Morgan fingerprint density at radius 3 is 2.68 bits per heavy atom. The molecule has 1 saturated heterocycles. The number of anilines is 1. The van der Waals surface area contributed by atoms with Gasteiger partial charge in [0.05, 0.1) is 0 Å². The van der Waals surface area contributed by atoms with Gasteiger partial charge in [0.1, 0.15) is 0 Å². The maximum absolute atomic E-state index is 12.3. The lowest BCUT2D eigenvalue weighted by atomic mass is 9.97. The quantitative estimate of drug-likeness (QED) is 0.925. The smallest absolute Gasteiger partial charge is 0.293 e. The second-order valence-electron chi connectivity index (χ2n) is 7.18. The molecular weight excluding hydrogens is 276 g/mol. The maximum atomic E-state index is 12.3. The Labute approximate surface area is 132 Å². The van der Waals surface area contributed by atoms with E-state index in [-0.39, 0.29) is 5.56 Å². The highest BCUT2D eigenvalue weighted by Crippen LogP contribution is 2.31. The number of aromatic nitrogens is 2. The third-order valence-corrected chi connectivity index (χ3v) is 5.45. The average Bonchev–Trinajstić information content (AvgIpc) is 2.82. The third kappa shape index (κ3) is 3.05. The van der Waals surface area contributed by atoms with Gasteiger partial charge < -0.3 is 14.8 Å². The van der Waals surface area contributed by atoms with Crippen molar-refractivity contribution in [1.29, 1.82) is 0 Å². The van der Waals surface area contributed by atoms with E-state index in [1.807, 2.05) is 0 Å². The fraction of sp³-hybridized carbons (Fsp3) is 0.765. The largest absolute Gasteiger partial charge is 0.350 e. The number of rotatable bonds is 3. The minimum Gasteiger partial charge on any atom is -0.350 e. The Morgan fingerprint density at radius 2 is 1.95 bits per heavy atom. The second kappa shape index (κ2) is 6.41. The van der Waals surface area contributed by atoms with Crippen molar-refractivity contribution in [1.82, 2.24) is 14.9 Å². The zero-order valence-electron chi connectivity index (χ0n) is 14.0. The molecule has 0 bridgehead atoms. The Hall–Kier alpha value is -1.36. The van der Waals surface area contributed by atoms with E-state index < -0.39 is 0 Å². The fourth-order valence-corrected chi connectivity index (χ4v) is 4.05. The number of hydrogen-bond acceptors (Lipinski definition) is 4. The molecule has 0 amide bonds. The molecular formula is C17H28N4O. The van der Waals surface area contributed by atoms with Crippen molar-refractivity contribution < 1.29 is 0 Å². The predicted octanol–water partition coefficient (Wildman–Crippen LogP) is 1.77. The molecule has 2 aliphatic rings. The number of nitrogens with zero attached hydrogens (tertiary/aromatic N) is 3. The molecule has 3 unspecified atom stereocenters. The highest BCUT2D eigenvalue weighted by Gasteiger charge is 2.33. The normalized spacial score (nSPS) is 32.4. The van der Waals surface area contributed by atoms with Crippen molar-refractivity contribution in [3.8, 4) is 0 Å². The van der Waals surface area contributed by atoms with E-state index in [1.54, 1.807) is 24.0 Å². The highest BCUT2D eigenvalue weighted by atomic mass is 16.1. The lowest BCUT2D eigenvalue weighted by molar-refractivity contribution is 0.299. The number of nitrogens with one attached hydrogen (secondary N) is 1. The zero-order chi connectivity index (χ0) is 15.7. The van der Waals surface area contributed by atoms with Gasteiger partial charge in [-0.15, -0.1) is 0 Å². The van der Waals surface area contributed by atoms with Crippen LogP contribution in [0.1, 0.15) is 39.5 Å². The third-order valence-electron chi connectivity index (χ3n) is 5.45. The molecule has 2 heterocycles. The van der Waals surface area contributed by atoms with Crippen molar-refractivity contribution in [2.75, 3.05) is 18.0 Å². The van der Waals surface area contributed by atoms with E-state index in [9.17, 15) is 4.79 Å². The van der Waals surface area contributed by atoms with E-state index in [0.29, 0.717) is 17.9 Å². The fourth-order valence-electron chi connectivity index (χ4n) is 4.05.